The minimum Gasteiger partial charge on any atom is -0.325 e. The molecule has 2 aromatic carbocycles. The lowest BCUT2D eigenvalue weighted by Crippen LogP contribution is -2.41. The molecule has 0 aromatic heterocycles. The maximum absolute atomic E-state index is 12.9. The largest absolute Gasteiger partial charge is 0.325 e. The van der Waals surface area contributed by atoms with Crippen LogP contribution in [0.3, 0.4) is 0 Å². The first-order valence-electron chi connectivity index (χ1n) is 7.69. The fraction of sp³-hybridized carbons (Fsp3) is 0.211. The van der Waals surface area contributed by atoms with Gasteiger partial charge in [0.15, 0.2) is 5.78 Å². The van der Waals surface area contributed by atoms with E-state index >= 15 is 0 Å². The maximum atomic E-state index is 12.9. The number of ketones is 1. The molecule has 0 aliphatic heterocycles. The lowest BCUT2D eigenvalue weighted by molar-refractivity contribution is -0.135. The van der Waals surface area contributed by atoms with Crippen molar-refractivity contribution in [3.05, 3.63) is 59.9 Å². The van der Waals surface area contributed by atoms with Crippen molar-refractivity contribution in [3.8, 4) is 0 Å². The molecule has 0 saturated carbocycles. The Morgan fingerprint density at radius 2 is 1.44 bits per heavy atom. The van der Waals surface area contributed by atoms with Gasteiger partial charge in [-0.15, -0.1) is 0 Å². The van der Waals surface area contributed by atoms with Gasteiger partial charge in [-0.3, -0.25) is 14.4 Å². The average molecular weight is 342 g/mol. The summed E-state index contributed by atoms with van der Waals surface area (Å²) < 4.78 is 12.9. The van der Waals surface area contributed by atoms with Crippen LogP contribution in [0.1, 0.15) is 31.1 Å². The minimum absolute atomic E-state index is 0.121. The van der Waals surface area contributed by atoms with E-state index in [0.717, 1.165) is 0 Å². The lowest BCUT2D eigenvalue weighted by atomic mass is 9.90. The van der Waals surface area contributed by atoms with Crippen LogP contribution in [0.25, 0.3) is 0 Å². The van der Waals surface area contributed by atoms with Crippen molar-refractivity contribution < 1.29 is 18.8 Å². The molecule has 0 bridgehead atoms. The van der Waals surface area contributed by atoms with E-state index in [1.807, 2.05) is 0 Å². The van der Waals surface area contributed by atoms with Gasteiger partial charge in [0.2, 0.25) is 11.8 Å². The number of amides is 2. The number of Topliss-reactive ketones (excluding diaryl/α,β-unsaturated/α-hetero) is 1. The number of nitrogens with one attached hydrogen (secondary N) is 2. The summed E-state index contributed by atoms with van der Waals surface area (Å²) in [6.45, 7) is 4.40. The third-order valence-electron chi connectivity index (χ3n) is 3.76. The Balaban J connectivity index is 2.10. The normalized spacial score (nSPS) is 10.9. The predicted octanol–water partition coefficient (Wildman–Crippen LogP) is 3.63. The highest BCUT2D eigenvalue weighted by molar-refractivity contribution is 6.14. The number of hydrogen-bond donors (Lipinski definition) is 2. The molecule has 2 amide bonds. The van der Waals surface area contributed by atoms with Gasteiger partial charge in [0.05, 0.1) is 0 Å². The summed E-state index contributed by atoms with van der Waals surface area (Å²) in [4.78, 5) is 36.3. The first-order valence-corrected chi connectivity index (χ1v) is 7.69. The van der Waals surface area contributed by atoms with Crippen LogP contribution in [-0.4, -0.2) is 17.6 Å². The highest BCUT2D eigenvalue weighted by Crippen LogP contribution is 2.22. The van der Waals surface area contributed by atoms with Crippen LogP contribution in [0.5, 0.6) is 0 Å². The van der Waals surface area contributed by atoms with Gasteiger partial charge < -0.3 is 10.6 Å². The van der Waals surface area contributed by atoms with Crippen molar-refractivity contribution in [2.75, 3.05) is 10.6 Å². The molecule has 0 aliphatic carbocycles. The molecule has 2 rings (SSSR count). The summed E-state index contributed by atoms with van der Waals surface area (Å²) in [5.74, 6) is -1.59. The van der Waals surface area contributed by atoms with Crippen LogP contribution >= 0.6 is 0 Å². The van der Waals surface area contributed by atoms with Gasteiger partial charge in [-0.2, -0.15) is 0 Å². The van der Waals surface area contributed by atoms with E-state index in [9.17, 15) is 18.8 Å². The van der Waals surface area contributed by atoms with E-state index in [-0.39, 0.29) is 5.78 Å². The fourth-order valence-corrected chi connectivity index (χ4v) is 2.03. The Bertz CT molecular complexity index is 814. The number of carbonyl (C=O) groups is 3. The first-order chi connectivity index (χ1) is 11.7. The quantitative estimate of drug-likeness (QED) is 0.643. The molecule has 130 valence electrons. The molecule has 0 heterocycles. The predicted molar refractivity (Wildman–Crippen MR) is 93.9 cm³/mol. The average Bonchev–Trinajstić information content (AvgIpc) is 2.57. The summed E-state index contributed by atoms with van der Waals surface area (Å²) >= 11 is 0. The third kappa shape index (κ3) is 4.50. The van der Waals surface area contributed by atoms with Gasteiger partial charge in [-0.05, 0) is 57.2 Å². The van der Waals surface area contributed by atoms with E-state index in [0.29, 0.717) is 16.9 Å². The smallest absolute Gasteiger partial charge is 0.239 e. The first kappa shape index (κ1) is 18.3. The molecular weight excluding hydrogens is 323 g/mol. The zero-order chi connectivity index (χ0) is 18.6. The lowest BCUT2D eigenvalue weighted by Gasteiger charge is -2.23. The monoisotopic (exact) mass is 342 g/mol. The molecule has 0 fully saturated rings. The van der Waals surface area contributed by atoms with Crippen LogP contribution in [0.2, 0.25) is 0 Å². The van der Waals surface area contributed by atoms with Crippen LogP contribution in [0.15, 0.2) is 48.5 Å². The van der Waals surface area contributed by atoms with E-state index in [2.05, 4.69) is 10.6 Å². The Morgan fingerprint density at radius 1 is 0.880 bits per heavy atom. The Morgan fingerprint density at radius 3 is 2.00 bits per heavy atom. The van der Waals surface area contributed by atoms with Crippen LogP contribution in [-0.2, 0) is 9.59 Å². The van der Waals surface area contributed by atoms with Gasteiger partial charge >= 0.3 is 0 Å². The van der Waals surface area contributed by atoms with E-state index in [4.69, 9.17) is 0 Å². The Labute approximate surface area is 145 Å². The van der Waals surface area contributed by atoms with E-state index in [1.165, 1.54) is 45.0 Å². The molecule has 0 spiro atoms. The van der Waals surface area contributed by atoms with Crippen LogP contribution in [0, 0.1) is 11.2 Å². The van der Waals surface area contributed by atoms with Crippen LogP contribution in [0.4, 0.5) is 15.8 Å². The van der Waals surface area contributed by atoms with Crippen molar-refractivity contribution in [3.63, 3.8) is 0 Å². The Kier molecular flexibility index (Phi) is 5.32. The molecule has 25 heavy (non-hydrogen) atoms. The molecule has 2 aromatic rings. The van der Waals surface area contributed by atoms with E-state index in [1.54, 1.807) is 24.3 Å². The summed E-state index contributed by atoms with van der Waals surface area (Å²) in [6, 6.07) is 11.7. The van der Waals surface area contributed by atoms with Gasteiger partial charge in [-0.1, -0.05) is 12.1 Å². The zero-order valence-corrected chi connectivity index (χ0v) is 14.2. The number of halogens is 1. The van der Waals surface area contributed by atoms with Gasteiger partial charge in [-0.25, -0.2) is 4.39 Å². The molecule has 5 nitrogen and oxygen atoms in total. The molecule has 0 atom stereocenters. The van der Waals surface area contributed by atoms with Gasteiger partial charge in [0.1, 0.15) is 11.2 Å². The van der Waals surface area contributed by atoms with Crippen molar-refractivity contribution in [1.82, 2.24) is 0 Å². The second kappa shape index (κ2) is 7.25. The molecule has 0 aliphatic rings. The summed E-state index contributed by atoms with van der Waals surface area (Å²) in [5.41, 5.74) is -0.0850. The van der Waals surface area contributed by atoms with Crippen LogP contribution < -0.4 is 10.6 Å². The Hall–Kier alpha value is -3.02. The van der Waals surface area contributed by atoms with Gasteiger partial charge in [0.25, 0.3) is 0 Å². The number of anilines is 2. The SMILES string of the molecule is CC(=O)c1cccc(NC(=O)C(C)(C)C(=O)Nc2ccc(F)cc2)c1. The second-order valence-corrected chi connectivity index (χ2v) is 6.18. The zero-order valence-electron chi connectivity index (χ0n) is 14.2. The molecule has 0 saturated heterocycles. The molecule has 0 unspecified atom stereocenters. The highest BCUT2D eigenvalue weighted by Gasteiger charge is 2.36. The standard InChI is InChI=1S/C19H19FN2O3/c1-12(23)13-5-4-6-16(11-13)22-18(25)19(2,3)17(24)21-15-9-7-14(20)8-10-15/h4-11H,1-3H3,(H,21,24)(H,22,25). The summed E-state index contributed by atoms with van der Waals surface area (Å²) in [6.07, 6.45) is 0. The third-order valence-corrected chi connectivity index (χ3v) is 3.76. The minimum atomic E-state index is -1.37. The highest BCUT2D eigenvalue weighted by atomic mass is 19.1. The maximum Gasteiger partial charge on any atom is 0.239 e. The molecule has 6 heteroatoms. The fourth-order valence-electron chi connectivity index (χ4n) is 2.03. The second-order valence-electron chi connectivity index (χ2n) is 6.18. The number of carbonyl (C=O) groups excluding carboxylic acids is 3. The topological polar surface area (TPSA) is 75.3 Å². The molecular formula is C19H19FN2O3. The number of hydrogen-bond acceptors (Lipinski definition) is 3. The number of rotatable bonds is 5. The van der Waals surface area contributed by atoms with E-state index < -0.39 is 23.0 Å². The summed E-state index contributed by atoms with van der Waals surface area (Å²) in [7, 11) is 0. The number of benzene rings is 2. The van der Waals surface area contributed by atoms with Gasteiger partial charge in [0, 0.05) is 16.9 Å². The molecule has 2 N–H and O–H groups in total. The molecule has 0 radical (unpaired) electrons. The van der Waals surface area contributed by atoms with Crippen molar-refractivity contribution in [2.24, 2.45) is 5.41 Å². The summed E-state index contributed by atoms with van der Waals surface area (Å²) in [5, 5.41) is 5.23. The van der Waals surface area contributed by atoms with Crippen molar-refractivity contribution in [2.45, 2.75) is 20.8 Å². The van der Waals surface area contributed by atoms with Crippen molar-refractivity contribution in [1.29, 1.82) is 0 Å². The van der Waals surface area contributed by atoms with Crippen molar-refractivity contribution >= 4 is 29.0 Å².